The lowest BCUT2D eigenvalue weighted by Crippen LogP contribution is -2.12. The van der Waals surface area contributed by atoms with Crippen LogP contribution in [0.1, 0.15) is 11.3 Å². The monoisotopic (exact) mass is 430 g/mol. The largest absolute Gasteiger partial charge is 0.342 e. The van der Waals surface area contributed by atoms with Crippen molar-refractivity contribution in [3.8, 4) is 11.4 Å². The Balaban J connectivity index is 1.50. The van der Waals surface area contributed by atoms with Crippen molar-refractivity contribution >= 4 is 38.1 Å². The Bertz CT molecular complexity index is 1170. The Hall–Kier alpha value is -2.68. The molecule has 9 heteroatoms. The van der Waals surface area contributed by atoms with E-state index in [4.69, 9.17) is 11.6 Å². The highest BCUT2D eigenvalue weighted by Gasteiger charge is 2.16. The van der Waals surface area contributed by atoms with Crippen LogP contribution in [0, 0.1) is 0 Å². The molecule has 0 atom stereocenters. The van der Waals surface area contributed by atoms with Gasteiger partial charge in [0.15, 0.2) is 5.13 Å². The average Bonchev–Trinajstić information content (AvgIpc) is 3.36. The SMILES string of the molecule is O=S(=O)(Nc1nccs1)c1ccc(-c2ncc(Cc3ccc(Cl)cc3)[nH]2)cc1. The number of halogens is 1. The molecule has 142 valence electrons. The van der Waals surface area contributed by atoms with E-state index in [2.05, 4.69) is 19.7 Å². The third kappa shape index (κ3) is 4.24. The summed E-state index contributed by atoms with van der Waals surface area (Å²) in [6.07, 6.45) is 4.02. The van der Waals surface area contributed by atoms with Crippen molar-refractivity contribution in [2.75, 3.05) is 4.72 Å². The van der Waals surface area contributed by atoms with Crippen molar-refractivity contribution < 1.29 is 8.42 Å². The number of rotatable bonds is 6. The van der Waals surface area contributed by atoms with Crippen LogP contribution in [0.15, 0.2) is 71.2 Å². The molecule has 4 aromatic rings. The highest BCUT2D eigenvalue weighted by molar-refractivity contribution is 7.93. The molecule has 0 fully saturated rings. The van der Waals surface area contributed by atoms with Gasteiger partial charge in [-0.05, 0) is 42.0 Å². The fourth-order valence-electron chi connectivity index (χ4n) is 2.66. The van der Waals surface area contributed by atoms with Gasteiger partial charge in [0.05, 0.1) is 4.90 Å². The fourth-order valence-corrected chi connectivity index (χ4v) is 4.57. The smallest absolute Gasteiger partial charge is 0.263 e. The number of hydrogen-bond donors (Lipinski definition) is 2. The van der Waals surface area contributed by atoms with Crippen molar-refractivity contribution in [2.45, 2.75) is 11.3 Å². The zero-order chi connectivity index (χ0) is 19.6. The van der Waals surface area contributed by atoms with Crippen LogP contribution >= 0.6 is 22.9 Å². The Morgan fingerprint density at radius 2 is 1.79 bits per heavy atom. The highest BCUT2D eigenvalue weighted by atomic mass is 35.5. The predicted molar refractivity (Wildman–Crippen MR) is 111 cm³/mol. The summed E-state index contributed by atoms with van der Waals surface area (Å²) >= 11 is 7.14. The molecule has 0 spiro atoms. The molecule has 2 N–H and O–H groups in total. The Kier molecular flexibility index (Phi) is 5.17. The quantitative estimate of drug-likeness (QED) is 0.468. The Morgan fingerprint density at radius 1 is 1.04 bits per heavy atom. The van der Waals surface area contributed by atoms with Gasteiger partial charge in [0.25, 0.3) is 10.0 Å². The standard InChI is InChI=1S/C19H15ClN4O2S2/c20-15-5-1-13(2-6-15)11-16-12-22-18(23-16)14-3-7-17(8-4-14)28(25,26)24-19-21-9-10-27-19/h1-10,12H,11H2,(H,21,24)(H,22,23). The maximum absolute atomic E-state index is 12.4. The van der Waals surface area contributed by atoms with E-state index in [1.807, 2.05) is 24.3 Å². The summed E-state index contributed by atoms with van der Waals surface area (Å²) in [6, 6.07) is 14.2. The van der Waals surface area contributed by atoms with Crippen LogP contribution in [0.2, 0.25) is 5.02 Å². The third-order valence-corrected chi connectivity index (χ3v) is 6.45. The van der Waals surface area contributed by atoms with Gasteiger partial charge < -0.3 is 4.98 Å². The molecule has 0 bridgehead atoms. The van der Waals surface area contributed by atoms with Gasteiger partial charge >= 0.3 is 0 Å². The molecule has 0 aliphatic carbocycles. The number of aromatic amines is 1. The summed E-state index contributed by atoms with van der Waals surface area (Å²) in [5, 5.41) is 2.75. The number of sulfonamides is 1. The molecule has 4 rings (SSSR count). The van der Waals surface area contributed by atoms with Gasteiger partial charge in [0.2, 0.25) is 0 Å². The zero-order valence-corrected chi connectivity index (χ0v) is 16.9. The maximum Gasteiger partial charge on any atom is 0.263 e. The van der Waals surface area contributed by atoms with Crippen molar-refractivity contribution in [1.82, 2.24) is 15.0 Å². The van der Waals surface area contributed by atoms with Gasteiger partial charge in [-0.3, -0.25) is 4.72 Å². The summed E-state index contributed by atoms with van der Waals surface area (Å²) in [5.74, 6) is 0.681. The number of imidazole rings is 1. The van der Waals surface area contributed by atoms with Crippen molar-refractivity contribution in [1.29, 1.82) is 0 Å². The second-order valence-electron chi connectivity index (χ2n) is 6.03. The number of benzene rings is 2. The van der Waals surface area contributed by atoms with Gasteiger partial charge in [-0.15, -0.1) is 11.3 Å². The maximum atomic E-state index is 12.4. The molecule has 0 aliphatic heterocycles. The third-order valence-electron chi connectivity index (χ3n) is 4.03. The summed E-state index contributed by atoms with van der Waals surface area (Å²) in [5.41, 5.74) is 2.88. The molecule has 0 saturated carbocycles. The molecule has 0 amide bonds. The number of nitrogens with one attached hydrogen (secondary N) is 2. The van der Waals surface area contributed by atoms with E-state index >= 15 is 0 Å². The average molecular weight is 431 g/mol. The van der Waals surface area contributed by atoms with Gasteiger partial charge in [0.1, 0.15) is 5.82 Å². The fraction of sp³-hybridized carbons (Fsp3) is 0.0526. The molecular weight excluding hydrogens is 416 g/mol. The minimum atomic E-state index is -3.66. The molecule has 28 heavy (non-hydrogen) atoms. The van der Waals surface area contributed by atoms with Gasteiger partial charge in [-0.25, -0.2) is 18.4 Å². The van der Waals surface area contributed by atoms with E-state index in [9.17, 15) is 8.42 Å². The second kappa shape index (κ2) is 7.75. The minimum Gasteiger partial charge on any atom is -0.342 e. The number of anilines is 1. The van der Waals surface area contributed by atoms with Crippen LogP contribution in [0.5, 0.6) is 0 Å². The number of aromatic nitrogens is 3. The Morgan fingerprint density at radius 3 is 2.46 bits per heavy atom. The van der Waals surface area contributed by atoms with Crippen molar-refractivity contribution in [3.05, 3.63) is 82.6 Å². The van der Waals surface area contributed by atoms with E-state index in [1.54, 1.807) is 42.0 Å². The zero-order valence-electron chi connectivity index (χ0n) is 14.5. The van der Waals surface area contributed by atoms with E-state index in [0.717, 1.165) is 16.8 Å². The van der Waals surface area contributed by atoms with Crippen LogP contribution in [0.25, 0.3) is 11.4 Å². The number of thiazole rings is 1. The van der Waals surface area contributed by atoms with Crippen LogP contribution in [0.3, 0.4) is 0 Å². The molecule has 6 nitrogen and oxygen atoms in total. The van der Waals surface area contributed by atoms with E-state index in [-0.39, 0.29) is 4.90 Å². The van der Waals surface area contributed by atoms with E-state index in [0.29, 0.717) is 22.4 Å². The number of nitrogens with zero attached hydrogens (tertiary/aromatic N) is 2. The van der Waals surface area contributed by atoms with Crippen molar-refractivity contribution in [2.24, 2.45) is 0 Å². The summed E-state index contributed by atoms with van der Waals surface area (Å²) in [4.78, 5) is 11.8. The van der Waals surface area contributed by atoms with Crippen molar-refractivity contribution in [3.63, 3.8) is 0 Å². The summed E-state index contributed by atoms with van der Waals surface area (Å²) in [7, 11) is -3.66. The van der Waals surface area contributed by atoms with Gasteiger partial charge in [-0.1, -0.05) is 23.7 Å². The normalized spacial score (nSPS) is 11.5. The van der Waals surface area contributed by atoms with E-state index in [1.165, 1.54) is 11.3 Å². The summed E-state index contributed by atoms with van der Waals surface area (Å²) in [6.45, 7) is 0. The predicted octanol–water partition coefficient (Wildman–Crippen LogP) is 4.58. The molecule has 0 radical (unpaired) electrons. The molecule has 2 aromatic carbocycles. The highest BCUT2D eigenvalue weighted by Crippen LogP contribution is 2.22. The first-order valence-electron chi connectivity index (χ1n) is 8.31. The molecule has 0 aliphatic rings. The Labute approximate surface area is 171 Å². The molecule has 2 aromatic heterocycles. The molecule has 2 heterocycles. The molecule has 0 saturated heterocycles. The van der Waals surface area contributed by atoms with Crippen LogP contribution in [-0.2, 0) is 16.4 Å². The van der Waals surface area contributed by atoms with Crippen LogP contribution < -0.4 is 4.72 Å². The first kappa shape index (κ1) is 18.7. The van der Waals surface area contributed by atoms with Crippen LogP contribution in [-0.4, -0.2) is 23.4 Å². The number of H-pyrrole nitrogens is 1. The number of hydrogen-bond acceptors (Lipinski definition) is 5. The van der Waals surface area contributed by atoms with Gasteiger partial charge in [0, 0.05) is 40.5 Å². The molecular formula is C19H15ClN4O2S2. The second-order valence-corrected chi connectivity index (χ2v) is 9.04. The first-order valence-corrected chi connectivity index (χ1v) is 11.0. The summed E-state index contributed by atoms with van der Waals surface area (Å²) < 4.78 is 27.3. The lowest BCUT2D eigenvalue weighted by Gasteiger charge is -2.05. The van der Waals surface area contributed by atoms with E-state index < -0.39 is 10.0 Å². The first-order chi connectivity index (χ1) is 13.5. The lowest BCUT2D eigenvalue weighted by molar-refractivity contribution is 0.601. The van der Waals surface area contributed by atoms with Gasteiger partial charge in [-0.2, -0.15) is 0 Å². The molecule has 0 unspecified atom stereocenters. The lowest BCUT2D eigenvalue weighted by atomic mass is 10.1. The van der Waals surface area contributed by atoms with Crippen LogP contribution in [0.4, 0.5) is 5.13 Å². The minimum absolute atomic E-state index is 0.166. The topological polar surface area (TPSA) is 87.7 Å².